The van der Waals surface area contributed by atoms with E-state index in [1.165, 1.54) is 0 Å². The number of benzene rings is 1. The summed E-state index contributed by atoms with van der Waals surface area (Å²) in [6.45, 7) is 1.98. The molecule has 0 spiro atoms. The first-order valence-corrected chi connectivity index (χ1v) is 8.20. The minimum absolute atomic E-state index is 0.365. The quantitative estimate of drug-likeness (QED) is 0.769. The van der Waals surface area contributed by atoms with Crippen LogP contribution in [0, 0.1) is 0 Å². The smallest absolute Gasteiger partial charge is 0.326 e. The van der Waals surface area contributed by atoms with Gasteiger partial charge in [0, 0.05) is 17.3 Å². The third kappa shape index (κ3) is 4.79. The molecular formula is C19H22N2O4. The molecule has 0 bridgehead atoms. The van der Waals surface area contributed by atoms with E-state index in [0.717, 1.165) is 12.8 Å². The zero-order valence-electron chi connectivity index (χ0n) is 14.4. The number of amides is 1. The van der Waals surface area contributed by atoms with Gasteiger partial charge in [0.25, 0.3) is 5.91 Å². The standard InChI is InChI=1S/C19H22N2O4/c1-3-4-7-16(19(23)24)21-18(22)13-9-10-17(25-2)14(12-13)15-8-5-6-11-20-15/h5-6,8-12,16H,3-4,7H2,1-2H3,(H,21,22)(H,23,24). The highest BCUT2D eigenvalue weighted by Gasteiger charge is 2.21. The summed E-state index contributed by atoms with van der Waals surface area (Å²) in [5.41, 5.74) is 1.72. The summed E-state index contributed by atoms with van der Waals surface area (Å²) in [4.78, 5) is 28.1. The first kappa shape index (κ1) is 18.4. The van der Waals surface area contributed by atoms with Crippen molar-refractivity contribution in [3.63, 3.8) is 0 Å². The predicted octanol–water partition coefficient (Wildman–Crippen LogP) is 3.13. The number of pyridine rings is 1. The molecule has 25 heavy (non-hydrogen) atoms. The topological polar surface area (TPSA) is 88.5 Å². The molecule has 1 amide bonds. The Morgan fingerprint density at radius 1 is 1.28 bits per heavy atom. The SMILES string of the molecule is CCCCC(NC(=O)c1ccc(OC)c(-c2ccccn2)c1)C(=O)O. The number of aromatic nitrogens is 1. The highest BCUT2D eigenvalue weighted by Crippen LogP contribution is 2.29. The van der Waals surface area contributed by atoms with Crippen molar-refractivity contribution in [2.75, 3.05) is 7.11 Å². The van der Waals surface area contributed by atoms with Crippen LogP contribution in [0.3, 0.4) is 0 Å². The lowest BCUT2D eigenvalue weighted by atomic mass is 10.0. The first-order chi connectivity index (χ1) is 12.1. The van der Waals surface area contributed by atoms with Crippen LogP contribution in [0.25, 0.3) is 11.3 Å². The molecule has 132 valence electrons. The van der Waals surface area contributed by atoms with Gasteiger partial charge in [0.2, 0.25) is 0 Å². The number of carboxylic acids is 1. The summed E-state index contributed by atoms with van der Waals surface area (Å²) in [5, 5.41) is 11.8. The monoisotopic (exact) mass is 342 g/mol. The van der Waals surface area contributed by atoms with E-state index in [1.54, 1.807) is 37.6 Å². The Labute approximate surface area is 146 Å². The van der Waals surface area contributed by atoms with Crippen molar-refractivity contribution in [2.45, 2.75) is 32.2 Å². The van der Waals surface area contributed by atoms with Crippen LogP contribution in [0.2, 0.25) is 0 Å². The van der Waals surface area contributed by atoms with Gasteiger partial charge < -0.3 is 15.2 Å². The molecule has 2 aromatic rings. The average Bonchev–Trinajstić information content (AvgIpc) is 2.64. The maximum atomic E-state index is 12.5. The van der Waals surface area contributed by atoms with E-state index < -0.39 is 17.9 Å². The second kappa shape index (κ2) is 8.82. The summed E-state index contributed by atoms with van der Waals surface area (Å²) in [7, 11) is 1.55. The maximum absolute atomic E-state index is 12.5. The van der Waals surface area contributed by atoms with Gasteiger partial charge in [-0.05, 0) is 36.8 Å². The Morgan fingerprint density at radius 3 is 2.68 bits per heavy atom. The molecule has 1 unspecified atom stereocenters. The Balaban J connectivity index is 2.27. The molecule has 2 N–H and O–H groups in total. The number of hydrogen-bond donors (Lipinski definition) is 2. The van der Waals surface area contributed by atoms with Crippen molar-refractivity contribution in [3.8, 4) is 17.0 Å². The molecule has 2 rings (SSSR count). The number of ether oxygens (including phenoxy) is 1. The highest BCUT2D eigenvalue weighted by molar-refractivity contribution is 5.98. The summed E-state index contributed by atoms with van der Waals surface area (Å²) in [6.07, 6.45) is 3.67. The molecule has 1 atom stereocenters. The van der Waals surface area contributed by atoms with Crippen molar-refractivity contribution >= 4 is 11.9 Å². The number of rotatable bonds is 8. The Morgan fingerprint density at radius 2 is 2.08 bits per heavy atom. The van der Waals surface area contributed by atoms with Gasteiger partial charge in [-0.25, -0.2) is 4.79 Å². The van der Waals surface area contributed by atoms with Crippen LogP contribution >= 0.6 is 0 Å². The Hall–Kier alpha value is -2.89. The molecule has 1 aromatic carbocycles. The summed E-state index contributed by atoms with van der Waals surface area (Å²) < 4.78 is 5.34. The number of nitrogens with zero attached hydrogens (tertiary/aromatic N) is 1. The van der Waals surface area contributed by atoms with E-state index in [-0.39, 0.29) is 0 Å². The first-order valence-electron chi connectivity index (χ1n) is 8.20. The molecule has 0 aliphatic rings. The fourth-order valence-corrected chi connectivity index (χ4v) is 2.48. The van der Waals surface area contributed by atoms with Crippen LogP contribution in [0.4, 0.5) is 0 Å². The van der Waals surface area contributed by atoms with Crippen LogP contribution in [0.1, 0.15) is 36.5 Å². The summed E-state index contributed by atoms with van der Waals surface area (Å²) in [5.74, 6) is -0.861. The third-order valence-electron chi connectivity index (χ3n) is 3.85. The molecular weight excluding hydrogens is 320 g/mol. The Bertz CT molecular complexity index is 731. The van der Waals surface area contributed by atoms with Crippen LogP contribution in [-0.2, 0) is 4.79 Å². The average molecular weight is 342 g/mol. The number of unbranched alkanes of at least 4 members (excludes halogenated alkanes) is 1. The van der Waals surface area contributed by atoms with Gasteiger partial charge in [-0.2, -0.15) is 0 Å². The van der Waals surface area contributed by atoms with Crippen molar-refractivity contribution < 1.29 is 19.4 Å². The lowest BCUT2D eigenvalue weighted by Gasteiger charge is -2.15. The van der Waals surface area contributed by atoms with Gasteiger partial charge in [0.05, 0.1) is 12.8 Å². The zero-order chi connectivity index (χ0) is 18.2. The lowest BCUT2D eigenvalue weighted by molar-refractivity contribution is -0.139. The number of aliphatic carboxylic acids is 1. The number of carbonyl (C=O) groups is 2. The van der Waals surface area contributed by atoms with Crippen molar-refractivity contribution in [1.82, 2.24) is 10.3 Å². The normalized spacial score (nSPS) is 11.6. The fourth-order valence-electron chi connectivity index (χ4n) is 2.48. The predicted molar refractivity (Wildman–Crippen MR) is 94.6 cm³/mol. The molecule has 0 radical (unpaired) electrons. The highest BCUT2D eigenvalue weighted by atomic mass is 16.5. The Kier molecular flexibility index (Phi) is 6.51. The molecule has 0 fully saturated rings. The fraction of sp³-hybridized carbons (Fsp3) is 0.316. The van der Waals surface area contributed by atoms with E-state index in [0.29, 0.717) is 29.0 Å². The lowest BCUT2D eigenvalue weighted by Crippen LogP contribution is -2.40. The van der Waals surface area contributed by atoms with Crippen LogP contribution in [0.15, 0.2) is 42.6 Å². The van der Waals surface area contributed by atoms with Crippen LogP contribution < -0.4 is 10.1 Å². The van der Waals surface area contributed by atoms with Gasteiger partial charge in [0.15, 0.2) is 0 Å². The zero-order valence-corrected chi connectivity index (χ0v) is 14.4. The van der Waals surface area contributed by atoms with E-state index in [2.05, 4.69) is 10.3 Å². The van der Waals surface area contributed by atoms with Crippen molar-refractivity contribution in [1.29, 1.82) is 0 Å². The van der Waals surface area contributed by atoms with Crippen LogP contribution in [0.5, 0.6) is 5.75 Å². The summed E-state index contributed by atoms with van der Waals surface area (Å²) in [6, 6.07) is 9.53. The van der Waals surface area contributed by atoms with Gasteiger partial charge >= 0.3 is 5.97 Å². The molecule has 0 aliphatic carbocycles. The number of nitrogens with one attached hydrogen (secondary N) is 1. The molecule has 6 heteroatoms. The summed E-state index contributed by atoms with van der Waals surface area (Å²) >= 11 is 0. The van der Waals surface area contributed by atoms with E-state index in [1.807, 2.05) is 19.1 Å². The second-order valence-corrected chi connectivity index (χ2v) is 5.64. The number of carbonyl (C=O) groups excluding carboxylic acids is 1. The van der Waals surface area contributed by atoms with Crippen molar-refractivity contribution in [2.24, 2.45) is 0 Å². The number of carboxylic acid groups (broad SMARTS) is 1. The largest absolute Gasteiger partial charge is 0.496 e. The number of hydrogen-bond acceptors (Lipinski definition) is 4. The molecule has 0 saturated heterocycles. The molecule has 6 nitrogen and oxygen atoms in total. The molecule has 0 aliphatic heterocycles. The molecule has 0 saturated carbocycles. The molecule has 1 aromatic heterocycles. The second-order valence-electron chi connectivity index (χ2n) is 5.64. The third-order valence-corrected chi connectivity index (χ3v) is 3.85. The van der Waals surface area contributed by atoms with E-state index in [9.17, 15) is 14.7 Å². The van der Waals surface area contributed by atoms with E-state index >= 15 is 0 Å². The van der Waals surface area contributed by atoms with Crippen molar-refractivity contribution in [3.05, 3.63) is 48.2 Å². The van der Waals surface area contributed by atoms with Gasteiger partial charge in [-0.1, -0.05) is 25.8 Å². The van der Waals surface area contributed by atoms with Crippen LogP contribution in [-0.4, -0.2) is 35.1 Å². The van der Waals surface area contributed by atoms with E-state index in [4.69, 9.17) is 4.74 Å². The van der Waals surface area contributed by atoms with Gasteiger partial charge in [0.1, 0.15) is 11.8 Å². The number of methoxy groups -OCH3 is 1. The maximum Gasteiger partial charge on any atom is 0.326 e. The molecule has 1 heterocycles. The van der Waals surface area contributed by atoms with Gasteiger partial charge in [-0.3, -0.25) is 9.78 Å². The minimum Gasteiger partial charge on any atom is -0.496 e. The minimum atomic E-state index is -1.03. The van der Waals surface area contributed by atoms with Gasteiger partial charge in [-0.15, -0.1) is 0 Å².